The van der Waals surface area contributed by atoms with Gasteiger partial charge in [-0.05, 0) is 12.1 Å². The zero-order chi connectivity index (χ0) is 14.4. The summed E-state index contributed by atoms with van der Waals surface area (Å²) in [4.78, 5) is 29.9. The molecule has 0 bridgehead atoms. The van der Waals surface area contributed by atoms with Crippen LogP contribution in [0, 0.1) is 0 Å². The van der Waals surface area contributed by atoms with Crippen LogP contribution in [0.1, 0.15) is 6.42 Å². The van der Waals surface area contributed by atoms with E-state index >= 15 is 0 Å². The van der Waals surface area contributed by atoms with Crippen LogP contribution in [0.2, 0.25) is 0 Å². The Morgan fingerprint density at radius 1 is 1.45 bits per heavy atom. The molecule has 1 atom stereocenters. The quantitative estimate of drug-likeness (QED) is 0.788. The van der Waals surface area contributed by atoms with Gasteiger partial charge in [-0.1, -0.05) is 0 Å². The maximum Gasteiger partial charge on any atom is 0.233 e. The van der Waals surface area contributed by atoms with E-state index in [9.17, 15) is 9.59 Å². The van der Waals surface area contributed by atoms with E-state index in [1.807, 2.05) is 12.1 Å². The number of nitrogens with two attached hydrogens (primary N) is 1. The fourth-order valence-corrected chi connectivity index (χ4v) is 2.82. The molecule has 0 aromatic carbocycles. The molecule has 1 saturated heterocycles. The highest BCUT2D eigenvalue weighted by Crippen LogP contribution is 2.19. The number of rotatable bonds is 5. The summed E-state index contributed by atoms with van der Waals surface area (Å²) in [5.41, 5.74) is 5.21. The minimum Gasteiger partial charge on any atom is -0.377 e. The average molecular weight is 295 g/mol. The van der Waals surface area contributed by atoms with Gasteiger partial charge in [-0.2, -0.15) is 0 Å². The Hall–Kier alpha value is -1.60. The van der Waals surface area contributed by atoms with Gasteiger partial charge < -0.3 is 15.4 Å². The van der Waals surface area contributed by atoms with Crippen molar-refractivity contribution < 1.29 is 14.3 Å². The van der Waals surface area contributed by atoms with Gasteiger partial charge in [0.1, 0.15) is 0 Å². The first-order chi connectivity index (χ1) is 9.66. The maximum atomic E-state index is 12.2. The van der Waals surface area contributed by atoms with Crippen molar-refractivity contribution in [2.24, 2.45) is 5.73 Å². The molecule has 0 radical (unpaired) electrons. The molecule has 1 aliphatic rings. The van der Waals surface area contributed by atoms with E-state index in [4.69, 9.17) is 10.5 Å². The molecule has 1 aliphatic heterocycles. The number of hydrogen-bond donors (Lipinski definition) is 1. The molecule has 7 heteroatoms. The van der Waals surface area contributed by atoms with Crippen LogP contribution in [-0.2, 0) is 14.3 Å². The molecular weight excluding hydrogens is 278 g/mol. The van der Waals surface area contributed by atoms with Gasteiger partial charge in [0.2, 0.25) is 11.8 Å². The zero-order valence-electron chi connectivity index (χ0n) is 11.0. The Balaban J connectivity index is 1.90. The lowest BCUT2D eigenvalue weighted by atomic mass is 10.1. The number of hydrogen-bond acceptors (Lipinski definition) is 5. The minimum atomic E-state index is -0.417. The highest BCUT2D eigenvalue weighted by atomic mass is 32.2. The SMILES string of the molecule is NC(=O)CC1COCCN1C(=O)CSc1ccncc1. The first kappa shape index (κ1) is 14.8. The van der Waals surface area contributed by atoms with E-state index in [0.29, 0.717) is 25.5 Å². The molecule has 1 aromatic rings. The highest BCUT2D eigenvalue weighted by Gasteiger charge is 2.28. The molecular formula is C13H17N3O3S. The molecule has 1 fully saturated rings. The van der Waals surface area contributed by atoms with Crippen LogP contribution in [0.25, 0.3) is 0 Å². The number of ether oxygens (including phenoxy) is 1. The third kappa shape index (κ3) is 4.21. The lowest BCUT2D eigenvalue weighted by molar-refractivity contribution is -0.138. The van der Waals surface area contributed by atoms with Gasteiger partial charge in [0.05, 0.1) is 25.0 Å². The topological polar surface area (TPSA) is 85.5 Å². The second-order valence-electron chi connectivity index (χ2n) is 4.46. The number of nitrogens with zero attached hydrogens (tertiary/aromatic N) is 2. The van der Waals surface area contributed by atoms with E-state index in [2.05, 4.69) is 4.98 Å². The van der Waals surface area contributed by atoms with Gasteiger partial charge >= 0.3 is 0 Å². The van der Waals surface area contributed by atoms with Crippen molar-refractivity contribution in [3.8, 4) is 0 Å². The number of pyridine rings is 1. The van der Waals surface area contributed by atoms with Crippen molar-refractivity contribution in [3.05, 3.63) is 24.5 Å². The molecule has 20 heavy (non-hydrogen) atoms. The summed E-state index contributed by atoms with van der Waals surface area (Å²) < 4.78 is 5.31. The van der Waals surface area contributed by atoms with Crippen LogP contribution in [0.4, 0.5) is 0 Å². The minimum absolute atomic E-state index is 0.00126. The van der Waals surface area contributed by atoms with Gasteiger partial charge in [-0.3, -0.25) is 14.6 Å². The third-order valence-corrected chi connectivity index (χ3v) is 3.99. The zero-order valence-corrected chi connectivity index (χ0v) is 11.8. The van der Waals surface area contributed by atoms with Crippen LogP contribution in [0.3, 0.4) is 0 Å². The Bertz CT molecular complexity index is 469. The molecule has 108 valence electrons. The number of amides is 2. The molecule has 2 N–H and O–H groups in total. The smallest absolute Gasteiger partial charge is 0.233 e. The molecule has 0 saturated carbocycles. The monoisotopic (exact) mass is 295 g/mol. The lowest BCUT2D eigenvalue weighted by Crippen LogP contribution is -2.50. The highest BCUT2D eigenvalue weighted by molar-refractivity contribution is 8.00. The van der Waals surface area contributed by atoms with Crippen molar-refractivity contribution in [1.82, 2.24) is 9.88 Å². The van der Waals surface area contributed by atoms with Crippen molar-refractivity contribution in [2.45, 2.75) is 17.4 Å². The lowest BCUT2D eigenvalue weighted by Gasteiger charge is -2.35. The summed E-state index contributed by atoms with van der Waals surface area (Å²) in [5.74, 6) is -0.0827. The van der Waals surface area contributed by atoms with Gasteiger partial charge in [-0.25, -0.2) is 0 Å². The molecule has 6 nitrogen and oxygen atoms in total. The molecule has 0 aliphatic carbocycles. The summed E-state index contributed by atoms with van der Waals surface area (Å²) in [6, 6.07) is 3.47. The van der Waals surface area contributed by atoms with Crippen molar-refractivity contribution in [2.75, 3.05) is 25.5 Å². The summed E-state index contributed by atoms with van der Waals surface area (Å²) in [6.07, 6.45) is 3.53. The first-order valence-corrected chi connectivity index (χ1v) is 7.33. The molecule has 1 aromatic heterocycles. The van der Waals surface area contributed by atoms with E-state index in [1.165, 1.54) is 11.8 Å². The van der Waals surface area contributed by atoms with E-state index < -0.39 is 5.91 Å². The summed E-state index contributed by atoms with van der Waals surface area (Å²) in [7, 11) is 0. The van der Waals surface area contributed by atoms with Gasteiger partial charge in [-0.15, -0.1) is 11.8 Å². The van der Waals surface area contributed by atoms with Gasteiger partial charge in [0, 0.05) is 30.3 Å². The Morgan fingerprint density at radius 2 is 2.20 bits per heavy atom. The molecule has 0 spiro atoms. The van der Waals surface area contributed by atoms with Crippen molar-refractivity contribution in [3.63, 3.8) is 0 Å². The number of primary amides is 1. The third-order valence-electron chi connectivity index (χ3n) is 3.00. The number of morpholine rings is 1. The standard InChI is InChI=1S/C13H17N3O3S/c14-12(17)7-10-8-19-6-5-16(10)13(18)9-20-11-1-3-15-4-2-11/h1-4,10H,5-9H2,(H2,14,17). The second kappa shape index (κ2) is 7.25. The average Bonchev–Trinajstić information content (AvgIpc) is 2.46. The predicted octanol–water partition coefficient (Wildman–Crippen LogP) is 0.277. The van der Waals surface area contributed by atoms with Crippen LogP contribution in [-0.4, -0.2) is 53.3 Å². The second-order valence-corrected chi connectivity index (χ2v) is 5.51. The van der Waals surface area contributed by atoms with Gasteiger partial charge in [0.25, 0.3) is 0 Å². The summed E-state index contributed by atoms with van der Waals surface area (Å²) in [6.45, 7) is 1.38. The molecule has 2 rings (SSSR count). The largest absolute Gasteiger partial charge is 0.377 e. The van der Waals surface area contributed by atoms with Crippen molar-refractivity contribution >= 4 is 23.6 Å². The van der Waals surface area contributed by atoms with E-state index in [-0.39, 0.29) is 18.4 Å². The Morgan fingerprint density at radius 3 is 2.90 bits per heavy atom. The normalized spacial score (nSPS) is 18.8. The first-order valence-electron chi connectivity index (χ1n) is 6.35. The van der Waals surface area contributed by atoms with Crippen LogP contribution in [0.5, 0.6) is 0 Å². The summed E-state index contributed by atoms with van der Waals surface area (Å²) in [5, 5.41) is 0. The number of carbonyl (C=O) groups excluding carboxylic acids is 2. The molecule has 2 heterocycles. The Kier molecular flexibility index (Phi) is 5.37. The van der Waals surface area contributed by atoms with Crippen LogP contribution >= 0.6 is 11.8 Å². The predicted molar refractivity (Wildman–Crippen MR) is 75.1 cm³/mol. The molecule has 1 unspecified atom stereocenters. The van der Waals surface area contributed by atoms with E-state index in [0.717, 1.165) is 4.90 Å². The number of thioether (sulfide) groups is 1. The van der Waals surface area contributed by atoms with Crippen LogP contribution in [0.15, 0.2) is 29.4 Å². The van der Waals surface area contributed by atoms with Crippen LogP contribution < -0.4 is 5.73 Å². The molecule has 2 amide bonds. The summed E-state index contributed by atoms with van der Waals surface area (Å²) >= 11 is 1.45. The number of carbonyl (C=O) groups is 2. The number of aromatic nitrogens is 1. The fraction of sp³-hybridized carbons (Fsp3) is 0.462. The fourth-order valence-electron chi connectivity index (χ4n) is 2.05. The maximum absolute atomic E-state index is 12.2. The van der Waals surface area contributed by atoms with Crippen molar-refractivity contribution in [1.29, 1.82) is 0 Å². The Labute approximate surface area is 121 Å². The van der Waals surface area contributed by atoms with E-state index in [1.54, 1.807) is 17.3 Å². The van der Waals surface area contributed by atoms with Gasteiger partial charge in [0.15, 0.2) is 0 Å².